The molecule has 0 aliphatic rings. The van der Waals surface area contributed by atoms with Crippen molar-refractivity contribution in [2.75, 3.05) is 11.0 Å². The average molecular weight is 227 g/mol. The summed E-state index contributed by atoms with van der Waals surface area (Å²) in [6.45, 7) is 1.89. The minimum atomic E-state index is 0.520. The van der Waals surface area contributed by atoms with E-state index >= 15 is 0 Å². The Kier molecular flexibility index (Phi) is 7.38. The number of ether oxygens (including phenoxy) is 1. The van der Waals surface area contributed by atoms with Crippen molar-refractivity contribution in [1.82, 2.24) is 0 Å². The number of halogens is 1. The van der Waals surface area contributed by atoms with Crippen molar-refractivity contribution in [2.45, 2.75) is 12.8 Å². The molecule has 0 fully saturated rings. The lowest BCUT2D eigenvalue weighted by Crippen LogP contribution is -1.90. The zero-order valence-corrected chi connectivity index (χ0v) is 6.68. The van der Waals surface area contributed by atoms with Gasteiger partial charge < -0.3 is 4.74 Å². The molecule has 3 heteroatoms. The van der Waals surface area contributed by atoms with Crippen LogP contribution in [-0.4, -0.2) is 17.5 Å². The highest BCUT2D eigenvalue weighted by Crippen LogP contribution is 1.93. The number of hydrogen-bond acceptors (Lipinski definition) is 2. The zero-order valence-electron chi connectivity index (χ0n) is 4.52. The number of rotatable bonds is 5. The first-order chi connectivity index (χ1) is 3.91. The summed E-state index contributed by atoms with van der Waals surface area (Å²) in [6.07, 6.45) is 2.07. The Morgan fingerprint density at radius 2 is 2.25 bits per heavy atom. The summed E-state index contributed by atoms with van der Waals surface area (Å²) in [5, 5.41) is 0. The zero-order chi connectivity index (χ0) is 6.24. The van der Waals surface area contributed by atoms with Gasteiger partial charge in [-0.3, -0.25) is 0 Å². The molecule has 0 heterocycles. The van der Waals surface area contributed by atoms with Crippen LogP contribution in [0.15, 0.2) is 0 Å². The standard InChI is InChI=1S/C5H8IO2/c6-3-1-2-4-8-5-7/h1-4H2. The lowest BCUT2D eigenvalue weighted by molar-refractivity contribution is 0.272. The van der Waals surface area contributed by atoms with Crippen LogP contribution >= 0.6 is 22.6 Å². The normalized spacial score (nSPS) is 8.62. The molecule has 0 saturated carbocycles. The van der Waals surface area contributed by atoms with Gasteiger partial charge in [-0.15, -0.1) is 0 Å². The van der Waals surface area contributed by atoms with Crippen molar-refractivity contribution in [2.24, 2.45) is 0 Å². The fraction of sp³-hybridized carbons (Fsp3) is 0.800. The molecule has 0 atom stereocenters. The topological polar surface area (TPSA) is 26.3 Å². The Labute approximate surface area is 62.7 Å². The Morgan fingerprint density at radius 1 is 1.50 bits per heavy atom. The summed E-state index contributed by atoms with van der Waals surface area (Å²) in [5.41, 5.74) is 0. The smallest absolute Gasteiger partial charge is 0.417 e. The molecule has 0 saturated heterocycles. The van der Waals surface area contributed by atoms with Crippen LogP contribution in [-0.2, 0) is 9.53 Å². The van der Waals surface area contributed by atoms with Crippen molar-refractivity contribution in [3.63, 3.8) is 0 Å². The monoisotopic (exact) mass is 227 g/mol. The van der Waals surface area contributed by atoms with Crippen LogP contribution in [0.4, 0.5) is 0 Å². The molecule has 0 aromatic rings. The summed E-state index contributed by atoms with van der Waals surface area (Å²) in [6, 6.07) is 0. The molecule has 0 N–H and O–H groups in total. The minimum absolute atomic E-state index is 0.520. The number of unbranched alkanes of at least 4 members (excludes halogenated alkanes) is 1. The third kappa shape index (κ3) is 6.20. The molecule has 1 radical (unpaired) electrons. The molecule has 0 aliphatic heterocycles. The van der Waals surface area contributed by atoms with Gasteiger partial charge in [0.1, 0.15) is 0 Å². The summed E-state index contributed by atoms with van der Waals surface area (Å²) >= 11 is 2.29. The van der Waals surface area contributed by atoms with Gasteiger partial charge in [-0.05, 0) is 17.3 Å². The molecule has 0 aromatic carbocycles. The predicted octanol–water partition coefficient (Wildman–Crippen LogP) is 1.29. The maximum Gasteiger partial charge on any atom is 0.417 e. The highest BCUT2D eigenvalue weighted by Gasteiger charge is 1.84. The number of hydrogen-bond donors (Lipinski definition) is 0. The van der Waals surface area contributed by atoms with Crippen LogP contribution in [0.3, 0.4) is 0 Å². The lowest BCUT2D eigenvalue weighted by Gasteiger charge is -1.92. The second-order valence-corrected chi connectivity index (χ2v) is 2.41. The van der Waals surface area contributed by atoms with Gasteiger partial charge in [0, 0.05) is 0 Å². The SMILES string of the molecule is O=[C]OCCCCI. The van der Waals surface area contributed by atoms with E-state index in [-0.39, 0.29) is 0 Å². The molecule has 0 rings (SSSR count). The van der Waals surface area contributed by atoms with Gasteiger partial charge in [0.25, 0.3) is 0 Å². The molecular formula is C5H8IO2. The van der Waals surface area contributed by atoms with Crippen LogP contribution in [0.2, 0.25) is 0 Å². The van der Waals surface area contributed by atoms with E-state index < -0.39 is 0 Å². The van der Waals surface area contributed by atoms with Gasteiger partial charge in [-0.25, -0.2) is 4.79 Å². The maximum absolute atomic E-state index is 9.42. The third-order valence-electron chi connectivity index (χ3n) is 0.689. The van der Waals surface area contributed by atoms with Crippen LogP contribution < -0.4 is 0 Å². The van der Waals surface area contributed by atoms with Crippen molar-refractivity contribution in [1.29, 1.82) is 0 Å². The predicted molar refractivity (Wildman–Crippen MR) is 39.8 cm³/mol. The van der Waals surface area contributed by atoms with E-state index in [2.05, 4.69) is 27.3 Å². The number of carbonyl (C=O) groups excluding carboxylic acids is 1. The quantitative estimate of drug-likeness (QED) is 0.401. The van der Waals surface area contributed by atoms with E-state index in [9.17, 15) is 4.79 Å². The highest BCUT2D eigenvalue weighted by atomic mass is 127. The summed E-state index contributed by atoms with van der Waals surface area (Å²) in [7, 11) is 0. The van der Waals surface area contributed by atoms with Gasteiger partial charge in [-0.2, -0.15) is 0 Å². The Morgan fingerprint density at radius 3 is 2.75 bits per heavy atom. The first-order valence-electron chi connectivity index (χ1n) is 2.46. The van der Waals surface area contributed by atoms with E-state index in [4.69, 9.17) is 0 Å². The fourth-order valence-electron chi connectivity index (χ4n) is 0.310. The molecule has 0 amide bonds. The van der Waals surface area contributed by atoms with E-state index in [0.717, 1.165) is 17.3 Å². The highest BCUT2D eigenvalue weighted by molar-refractivity contribution is 14.1. The molecular weight excluding hydrogens is 219 g/mol. The second kappa shape index (κ2) is 7.20. The Hall–Kier alpha value is 0.200. The molecule has 0 spiro atoms. The van der Waals surface area contributed by atoms with Crippen molar-refractivity contribution in [3.05, 3.63) is 0 Å². The average Bonchev–Trinajstić information content (AvgIpc) is 1.81. The van der Waals surface area contributed by atoms with Gasteiger partial charge >= 0.3 is 6.47 Å². The van der Waals surface area contributed by atoms with Crippen molar-refractivity contribution >= 4 is 29.1 Å². The summed E-state index contributed by atoms with van der Waals surface area (Å²) < 4.78 is 5.45. The van der Waals surface area contributed by atoms with Gasteiger partial charge in [0.05, 0.1) is 6.61 Å². The second-order valence-electron chi connectivity index (χ2n) is 1.33. The fourth-order valence-corrected chi connectivity index (χ4v) is 0.850. The minimum Gasteiger partial charge on any atom is -0.457 e. The lowest BCUT2D eigenvalue weighted by atomic mass is 10.4. The largest absolute Gasteiger partial charge is 0.457 e. The van der Waals surface area contributed by atoms with E-state index in [1.165, 1.54) is 6.47 Å². The van der Waals surface area contributed by atoms with Crippen LogP contribution in [0.1, 0.15) is 12.8 Å². The molecule has 0 unspecified atom stereocenters. The van der Waals surface area contributed by atoms with Crippen molar-refractivity contribution in [3.8, 4) is 0 Å². The van der Waals surface area contributed by atoms with Crippen LogP contribution in [0.5, 0.6) is 0 Å². The Bertz CT molecular complexity index is 56.4. The summed E-state index contributed by atoms with van der Waals surface area (Å²) in [5.74, 6) is 0. The van der Waals surface area contributed by atoms with E-state index in [0.29, 0.717) is 6.61 Å². The molecule has 0 aliphatic carbocycles. The van der Waals surface area contributed by atoms with E-state index in [1.54, 1.807) is 0 Å². The maximum atomic E-state index is 9.42. The first kappa shape index (κ1) is 8.20. The van der Waals surface area contributed by atoms with Gasteiger partial charge in [-0.1, -0.05) is 22.6 Å². The van der Waals surface area contributed by atoms with Crippen LogP contribution in [0, 0.1) is 0 Å². The van der Waals surface area contributed by atoms with Gasteiger partial charge in [0.15, 0.2) is 0 Å². The molecule has 47 valence electrons. The molecule has 0 bridgehead atoms. The number of alkyl halides is 1. The third-order valence-corrected chi connectivity index (χ3v) is 1.45. The molecule has 0 aromatic heterocycles. The molecule has 8 heavy (non-hydrogen) atoms. The first-order valence-corrected chi connectivity index (χ1v) is 3.99. The van der Waals surface area contributed by atoms with E-state index in [1.807, 2.05) is 0 Å². The Balaban J connectivity index is 2.62. The van der Waals surface area contributed by atoms with Crippen molar-refractivity contribution < 1.29 is 9.53 Å². The molecule has 2 nitrogen and oxygen atoms in total. The summed E-state index contributed by atoms with van der Waals surface area (Å²) in [4.78, 5) is 9.42. The van der Waals surface area contributed by atoms with Gasteiger partial charge in [0.2, 0.25) is 0 Å². The van der Waals surface area contributed by atoms with Crippen LogP contribution in [0.25, 0.3) is 0 Å².